The van der Waals surface area contributed by atoms with Crippen LogP contribution in [0.1, 0.15) is 31.7 Å². The zero-order valence-corrected chi connectivity index (χ0v) is 13.4. The monoisotopic (exact) mass is 295 g/mol. The van der Waals surface area contributed by atoms with Crippen molar-refractivity contribution < 1.29 is 14.2 Å². The minimum absolute atomic E-state index is 0.675. The lowest BCUT2D eigenvalue weighted by Crippen LogP contribution is -2.15. The summed E-state index contributed by atoms with van der Waals surface area (Å²) in [6.07, 6.45) is 3.24. The quantitative estimate of drug-likeness (QED) is 0.568. The molecule has 21 heavy (non-hydrogen) atoms. The Bertz CT molecular complexity index is 358. The van der Waals surface area contributed by atoms with Gasteiger partial charge in [0.25, 0.3) is 0 Å². The Kier molecular flexibility index (Phi) is 10.8. The summed E-state index contributed by atoms with van der Waals surface area (Å²) in [5, 5.41) is 3.45. The minimum Gasteiger partial charge on any atom is -0.494 e. The molecule has 0 unspecified atom stereocenters. The van der Waals surface area contributed by atoms with Gasteiger partial charge in [-0.1, -0.05) is 19.1 Å². The summed E-state index contributed by atoms with van der Waals surface area (Å²) < 4.78 is 16.0. The van der Waals surface area contributed by atoms with Crippen LogP contribution in [0.3, 0.4) is 0 Å². The molecule has 4 nitrogen and oxygen atoms in total. The van der Waals surface area contributed by atoms with E-state index in [1.165, 1.54) is 5.56 Å². The Hall–Kier alpha value is -1.10. The third-order valence-electron chi connectivity index (χ3n) is 3.02. The Morgan fingerprint density at radius 2 is 1.95 bits per heavy atom. The second kappa shape index (κ2) is 12.6. The van der Waals surface area contributed by atoms with Crippen molar-refractivity contribution in [2.24, 2.45) is 0 Å². The first kappa shape index (κ1) is 18.0. The van der Waals surface area contributed by atoms with Crippen molar-refractivity contribution in [2.75, 3.05) is 40.1 Å². The van der Waals surface area contributed by atoms with E-state index < -0.39 is 0 Å². The fourth-order valence-corrected chi connectivity index (χ4v) is 1.90. The molecule has 0 radical (unpaired) electrons. The third kappa shape index (κ3) is 9.45. The summed E-state index contributed by atoms with van der Waals surface area (Å²) in [6, 6.07) is 8.29. The van der Waals surface area contributed by atoms with Gasteiger partial charge in [0, 0.05) is 20.3 Å². The average Bonchev–Trinajstić information content (AvgIpc) is 2.52. The summed E-state index contributed by atoms with van der Waals surface area (Å²) in [7, 11) is 1.69. The number of methoxy groups -OCH3 is 1. The van der Waals surface area contributed by atoms with E-state index in [0.29, 0.717) is 13.2 Å². The molecule has 0 aliphatic carbocycles. The number of hydrogen-bond acceptors (Lipinski definition) is 4. The van der Waals surface area contributed by atoms with Gasteiger partial charge >= 0.3 is 0 Å². The Morgan fingerprint density at radius 3 is 2.76 bits per heavy atom. The summed E-state index contributed by atoms with van der Waals surface area (Å²) >= 11 is 0. The minimum atomic E-state index is 0.675. The number of hydrogen-bond donors (Lipinski definition) is 1. The molecule has 0 amide bonds. The maximum absolute atomic E-state index is 5.63. The van der Waals surface area contributed by atoms with Gasteiger partial charge in [-0.05, 0) is 43.5 Å². The van der Waals surface area contributed by atoms with Crippen LogP contribution >= 0.6 is 0 Å². The van der Waals surface area contributed by atoms with Crippen molar-refractivity contribution in [3.05, 3.63) is 29.8 Å². The van der Waals surface area contributed by atoms with E-state index in [9.17, 15) is 0 Å². The second-order valence-electron chi connectivity index (χ2n) is 4.98. The van der Waals surface area contributed by atoms with Crippen LogP contribution in [0, 0.1) is 0 Å². The van der Waals surface area contributed by atoms with E-state index in [-0.39, 0.29) is 0 Å². The number of benzene rings is 1. The predicted molar refractivity (Wildman–Crippen MR) is 85.9 cm³/mol. The third-order valence-corrected chi connectivity index (χ3v) is 3.02. The van der Waals surface area contributed by atoms with Crippen molar-refractivity contribution in [1.29, 1.82) is 0 Å². The first-order chi connectivity index (χ1) is 10.4. The normalized spacial score (nSPS) is 10.8. The molecule has 0 saturated carbocycles. The highest BCUT2D eigenvalue weighted by Gasteiger charge is 1.97. The van der Waals surface area contributed by atoms with Crippen LogP contribution in [0.25, 0.3) is 0 Å². The Balaban J connectivity index is 2.04. The van der Waals surface area contributed by atoms with Crippen molar-refractivity contribution in [2.45, 2.75) is 32.7 Å². The van der Waals surface area contributed by atoms with Crippen molar-refractivity contribution >= 4 is 0 Å². The van der Waals surface area contributed by atoms with E-state index in [2.05, 4.69) is 24.4 Å². The lowest BCUT2D eigenvalue weighted by molar-refractivity contribution is 0.0688. The molecule has 0 heterocycles. The molecular weight excluding hydrogens is 266 g/mol. The van der Waals surface area contributed by atoms with Gasteiger partial charge in [0.2, 0.25) is 0 Å². The molecule has 1 aromatic carbocycles. The van der Waals surface area contributed by atoms with E-state index in [1.54, 1.807) is 7.11 Å². The highest BCUT2D eigenvalue weighted by atomic mass is 16.5. The molecule has 0 bridgehead atoms. The Labute approximate surface area is 128 Å². The predicted octanol–water partition coefficient (Wildman–Crippen LogP) is 3.01. The molecule has 0 atom stereocenters. The van der Waals surface area contributed by atoms with E-state index in [0.717, 1.165) is 51.3 Å². The van der Waals surface area contributed by atoms with E-state index in [4.69, 9.17) is 14.2 Å². The topological polar surface area (TPSA) is 39.7 Å². The fraction of sp³-hybridized carbons (Fsp3) is 0.647. The van der Waals surface area contributed by atoms with Gasteiger partial charge in [-0.3, -0.25) is 0 Å². The van der Waals surface area contributed by atoms with Crippen LogP contribution in [0.2, 0.25) is 0 Å². The molecule has 1 rings (SSSR count). The molecule has 1 aromatic rings. The maximum atomic E-state index is 5.63. The lowest BCUT2D eigenvalue weighted by Gasteiger charge is -2.08. The first-order valence-corrected chi connectivity index (χ1v) is 7.86. The summed E-state index contributed by atoms with van der Waals surface area (Å²) in [6.45, 7) is 6.96. The van der Waals surface area contributed by atoms with Crippen LogP contribution < -0.4 is 10.1 Å². The smallest absolute Gasteiger partial charge is 0.119 e. The Morgan fingerprint density at radius 1 is 1.05 bits per heavy atom. The van der Waals surface area contributed by atoms with Gasteiger partial charge in [-0.25, -0.2) is 0 Å². The van der Waals surface area contributed by atoms with Crippen molar-refractivity contribution in [3.8, 4) is 5.75 Å². The van der Waals surface area contributed by atoms with Gasteiger partial charge in [0.05, 0.1) is 19.8 Å². The van der Waals surface area contributed by atoms with E-state index in [1.807, 2.05) is 12.1 Å². The molecule has 0 aromatic heterocycles. The van der Waals surface area contributed by atoms with Gasteiger partial charge in [0.15, 0.2) is 0 Å². The maximum Gasteiger partial charge on any atom is 0.119 e. The number of rotatable bonds is 13. The van der Waals surface area contributed by atoms with Gasteiger partial charge < -0.3 is 19.5 Å². The summed E-state index contributed by atoms with van der Waals surface area (Å²) in [5.41, 5.74) is 1.26. The van der Waals surface area contributed by atoms with Crippen LogP contribution in [0.15, 0.2) is 24.3 Å². The summed E-state index contributed by atoms with van der Waals surface area (Å²) in [4.78, 5) is 0. The van der Waals surface area contributed by atoms with Gasteiger partial charge in [0.1, 0.15) is 5.75 Å². The number of nitrogens with one attached hydrogen (secondary N) is 1. The molecule has 4 heteroatoms. The number of ether oxygens (including phenoxy) is 3. The highest BCUT2D eigenvalue weighted by molar-refractivity contribution is 5.28. The molecular formula is C17H29NO3. The fourth-order valence-electron chi connectivity index (χ4n) is 1.90. The largest absolute Gasteiger partial charge is 0.494 e. The standard InChI is InChI=1S/C17H29NO3/c1-3-10-21-17-8-6-7-16(14-17)15-18-9-4-5-11-20-13-12-19-2/h6-8,14,18H,3-5,9-13,15H2,1-2H3. The molecule has 0 aliphatic rings. The molecule has 0 fully saturated rings. The summed E-state index contributed by atoms with van der Waals surface area (Å²) in [5.74, 6) is 0.961. The lowest BCUT2D eigenvalue weighted by atomic mass is 10.2. The zero-order chi connectivity index (χ0) is 15.2. The highest BCUT2D eigenvalue weighted by Crippen LogP contribution is 2.13. The molecule has 0 saturated heterocycles. The van der Waals surface area contributed by atoms with Crippen molar-refractivity contribution in [3.63, 3.8) is 0 Å². The molecule has 0 spiro atoms. The first-order valence-electron chi connectivity index (χ1n) is 7.86. The second-order valence-corrected chi connectivity index (χ2v) is 4.98. The van der Waals surface area contributed by atoms with E-state index >= 15 is 0 Å². The average molecular weight is 295 g/mol. The molecule has 1 N–H and O–H groups in total. The zero-order valence-electron chi connectivity index (χ0n) is 13.4. The van der Waals surface area contributed by atoms with Crippen LogP contribution in [0.5, 0.6) is 5.75 Å². The molecule has 120 valence electrons. The van der Waals surface area contributed by atoms with Gasteiger partial charge in [-0.2, -0.15) is 0 Å². The number of unbranched alkanes of at least 4 members (excludes halogenated alkanes) is 1. The van der Waals surface area contributed by atoms with Gasteiger partial charge in [-0.15, -0.1) is 0 Å². The van der Waals surface area contributed by atoms with Crippen LogP contribution in [-0.2, 0) is 16.0 Å². The van der Waals surface area contributed by atoms with Crippen molar-refractivity contribution in [1.82, 2.24) is 5.32 Å². The molecule has 0 aliphatic heterocycles. The van der Waals surface area contributed by atoms with Crippen LogP contribution in [0.4, 0.5) is 0 Å². The van der Waals surface area contributed by atoms with Crippen LogP contribution in [-0.4, -0.2) is 40.1 Å². The SMILES string of the molecule is CCCOc1cccc(CNCCCCOCCOC)c1.